The van der Waals surface area contributed by atoms with Gasteiger partial charge in [0, 0.05) is 11.4 Å². The molecule has 3 heteroatoms. The van der Waals surface area contributed by atoms with Gasteiger partial charge >= 0.3 is 0 Å². The third-order valence-electron chi connectivity index (χ3n) is 2.82. The molecule has 100 valence electrons. The van der Waals surface area contributed by atoms with Gasteiger partial charge in [-0.2, -0.15) is 0 Å². The molecule has 0 atom stereocenters. The van der Waals surface area contributed by atoms with E-state index in [0.29, 0.717) is 0 Å². The number of hydrogen-bond donors (Lipinski definition) is 2. The summed E-state index contributed by atoms with van der Waals surface area (Å²) in [6.45, 7) is 2.98. The summed E-state index contributed by atoms with van der Waals surface area (Å²) >= 11 is 1.85. The molecular formula is C16H20N2S. The number of nitrogen functional groups attached to an aromatic ring is 1. The monoisotopic (exact) mass is 272 g/mol. The van der Waals surface area contributed by atoms with Crippen LogP contribution in [0.15, 0.2) is 53.4 Å². The molecular weight excluding hydrogens is 252 g/mol. The van der Waals surface area contributed by atoms with Gasteiger partial charge in [-0.25, -0.2) is 0 Å². The van der Waals surface area contributed by atoms with E-state index in [4.69, 9.17) is 5.73 Å². The molecule has 19 heavy (non-hydrogen) atoms. The number of benzene rings is 2. The van der Waals surface area contributed by atoms with Gasteiger partial charge in [0.25, 0.3) is 0 Å². The van der Waals surface area contributed by atoms with Gasteiger partial charge < -0.3 is 11.1 Å². The summed E-state index contributed by atoms with van der Waals surface area (Å²) in [6.07, 6.45) is 1.18. The average Bonchev–Trinajstić information content (AvgIpc) is 2.45. The molecule has 0 aromatic heterocycles. The van der Waals surface area contributed by atoms with Gasteiger partial charge in [-0.05, 0) is 35.9 Å². The first-order valence-electron chi connectivity index (χ1n) is 6.59. The molecule has 0 saturated carbocycles. The maximum absolute atomic E-state index is 6.08. The zero-order chi connectivity index (χ0) is 13.5. The molecule has 0 unspecified atom stereocenters. The maximum atomic E-state index is 6.08. The summed E-state index contributed by atoms with van der Waals surface area (Å²) in [7, 11) is 0. The predicted molar refractivity (Wildman–Crippen MR) is 85.6 cm³/mol. The minimum atomic E-state index is 0.798. The Morgan fingerprint density at radius 3 is 2.58 bits per heavy atom. The van der Waals surface area contributed by atoms with E-state index in [2.05, 4.69) is 36.5 Å². The van der Waals surface area contributed by atoms with Crippen molar-refractivity contribution in [2.24, 2.45) is 0 Å². The van der Waals surface area contributed by atoms with Crippen LogP contribution in [-0.2, 0) is 6.54 Å². The summed E-state index contributed by atoms with van der Waals surface area (Å²) in [5.41, 5.74) is 9.16. The van der Waals surface area contributed by atoms with Crippen LogP contribution in [0.1, 0.15) is 18.9 Å². The normalized spacial score (nSPS) is 10.4. The molecule has 0 fully saturated rings. The molecule has 2 aromatic rings. The van der Waals surface area contributed by atoms with E-state index in [-0.39, 0.29) is 0 Å². The van der Waals surface area contributed by atoms with Crippen molar-refractivity contribution in [2.45, 2.75) is 24.8 Å². The first-order chi connectivity index (χ1) is 9.29. The smallest absolute Gasteiger partial charge is 0.0577 e. The van der Waals surface area contributed by atoms with Gasteiger partial charge in [0.1, 0.15) is 0 Å². The Bertz CT molecular complexity index is 511. The van der Waals surface area contributed by atoms with E-state index >= 15 is 0 Å². The number of anilines is 2. The Kier molecular flexibility index (Phi) is 5.16. The van der Waals surface area contributed by atoms with E-state index in [0.717, 1.165) is 23.7 Å². The SMILES string of the molecule is CCCSc1ccc(NCc2ccccc2)c(N)c1. The van der Waals surface area contributed by atoms with E-state index in [9.17, 15) is 0 Å². The van der Waals surface area contributed by atoms with Crippen molar-refractivity contribution in [3.05, 3.63) is 54.1 Å². The molecule has 0 bridgehead atoms. The molecule has 0 aliphatic heterocycles. The Labute approximate surface area is 119 Å². The van der Waals surface area contributed by atoms with Gasteiger partial charge in [0.05, 0.1) is 11.4 Å². The molecule has 0 amide bonds. The molecule has 2 rings (SSSR count). The lowest BCUT2D eigenvalue weighted by atomic mass is 10.2. The minimum absolute atomic E-state index is 0.798. The fourth-order valence-electron chi connectivity index (χ4n) is 1.80. The van der Waals surface area contributed by atoms with Crippen LogP contribution >= 0.6 is 11.8 Å². The van der Waals surface area contributed by atoms with Gasteiger partial charge in [0.15, 0.2) is 0 Å². The number of hydrogen-bond acceptors (Lipinski definition) is 3. The fraction of sp³-hybridized carbons (Fsp3) is 0.250. The van der Waals surface area contributed by atoms with Gasteiger partial charge in [0.2, 0.25) is 0 Å². The highest BCUT2D eigenvalue weighted by Gasteiger charge is 2.01. The third kappa shape index (κ3) is 4.21. The van der Waals surface area contributed by atoms with Crippen LogP contribution in [0.4, 0.5) is 11.4 Å². The first-order valence-corrected chi connectivity index (χ1v) is 7.58. The molecule has 0 spiro atoms. The van der Waals surface area contributed by atoms with E-state index in [1.54, 1.807) is 0 Å². The summed E-state index contributed by atoms with van der Waals surface area (Å²) in [5.74, 6) is 1.14. The second-order valence-electron chi connectivity index (χ2n) is 4.44. The molecule has 3 N–H and O–H groups in total. The lowest BCUT2D eigenvalue weighted by Crippen LogP contribution is -2.02. The summed E-state index contributed by atoms with van der Waals surface area (Å²) in [5, 5.41) is 3.38. The summed E-state index contributed by atoms with van der Waals surface area (Å²) in [4.78, 5) is 1.24. The molecule has 0 saturated heterocycles. The van der Waals surface area contributed by atoms with Crippen LogP contribution in [0.3, 0.4) is 0 Å². The van der Waals surface area contributed by atoms with Crippen LogP contribution in [0.5, 0.6) is 0 Å². The zero-order valence-electron chi connectivity index (χ0n) is 11.2. The topological polar surface area (TPSA) is 38.0 Å². The Morgan fingerprint density at radius 1 is 1.11 bits per heavy atom. The zero-order valence-corrected chi connectivity index (χ0v) is 12.0. The fourth-order valence-corrected chi connectivity index (χ4v) is 2.62. The largest absolute Gasteiger partial charge is 0.397 e. The number of thioether (sulfide) groups is 1. The van der Waals surface area contributed by atoms with E-state index < -0.39 is 0 Å². The number of rotatable bonds is 6. The molecule has 2 aromatic carbocycles. The molecule has 0 aliphatic carbocycles. The first kappa shape index (κ1) is 13.8. The van der Waals surface area contributed by atoms with Gasteiger partial charge in [-0.1, -0.05) is 37.3 Å². The maximum Gasteiger partial charge on any atom is 0.0577 e. The number of nitrogens with two attached hydrogens (primary N) is 1. The Morgan fingerprint density at radius 2 is 1.89 bits per heavy atom. The van der Waals surface area contributed by atoms with Gasteiger partial charge in [-0.15, -0.1) is 11.8 Å². The van der Waals surface area contributed by atoms with Crippen molar-refractivity contribution in [2.75, 3.05) is 16.8 Å². The van der Waals surface area contributed by atoms with E-state index in [1.165, 1.54) is 16.9 Å². The third-order valence-corrected chi connectivity index (χ3v) is 4.02. The van der Waals surface area contributed by atoms with Crippen LogP contribution in [0, 0.1) is 0 Å². The van der Waals surface area contributed by atoms with Crippen molar-refractivity contribution in [1.82, 2.24) is 0 Å². The molecule has 2 nitrogen and oxygen atoms in total. The highest BCUT2D eigenvalue weighted by molar-refractivity contribution is 7.99. The van der Waals surface area contributed by atoms with Crippen molar-refractivity contribution < 1.29 is 0 Å². The van der Waals surface area contributed by atoms with Crippen LogP contribution in [0.2, 0.25) is 0 Å². The van der Waals surface area contributed by atoms with Crippen LogP contribution in [-0.4, -0.2) is 5.75 Å². The summed E-state index contributed by atoms with van der Waals surface area (Å²) in [6, 6.07) is 16.6. The molecule has 0 aliphatic rings. The van der Waals surface area contributed by atoms with Crippen LogP contribution in [0.25, 0.3) is 0 Å². The second kappa shape index (κ2) is 7.10. The molecule has 0 radical (unpaired) electrons. The predicted octanol–water partition coefficient (Wildman–Crippen LogP) is 4.38. The molecule has 0 heterocycles. The lowest BCUT2D eigenvalue weighted by molar-refractivity contribution is 1.10. The van der Waals surface area contributed by atoms with Crippen molar-refractivity contribution >= 4 is 23.1 Å². The minimum Gasteiger partial charge on any atom is -0.397 e. The summed E-state index contributed by atoms with van der Waals surface area (Å²) < 4.78 is 0. The second-order valence-corrected chi connectivity index (χ2v) is 5.60. The van der Waals surface area contributed by atoms with Gasteiger partial charge in [-0.3, -0.25) is 0 Å². The van der Waals surface area contributed by atoms with Crippen molar-refractivity contribution in [3.8, 4) is 0 Å². The lowest BCUT2D eigenvalue weighted by Gasteiger charge is -2.11. The van der Waals surface area contributed by atoms with E-state index in [1.807, 2.05) is 36.0 Å². The van der Waals surface area contributed by atoms with Crippen LogP contribution < -0.4 is 11.1 Å². The highest BCUT2D eigenvalue weighted by Crippen LogP contribution is 2.27. The Hall–Kier alpha value is -1.61. The van der Waals surface area contributed by atoms with Crippen molar-refractivity contribution in [3.63, 3.8) is 0 Å². The Balaban J connectivity index is 1.97. The highest BCUT2D eigenvalue weighted by atomic mass is 32.2. The number of nitrogens with one attached hydrogen (secondary N) is 1. The average molecular weight is 272 g/mol. The standard InChI is InChI=1S/C16H20N2S/c1-2-10-19-14-8-9-16(15(17)11-14)18-12-13-6-4-3-5-7-13/h3-9,11,18H,2,10,12,17H2,1H3. The quantitative estimate of drug-likeness (QED) is 0.605. The van der Waals surface area contributed by atoms with Crippen molar-refractivity contribution in [1.29, 1.82) is 0 Å².